The maximum Gasteiger partial charge on any atom is 0.131 e. The molecule has 0 aromatic heterocycles. The Kier molecular flexibility index (Phi) is 1.43. The number of hydrogen-bond acceptors (Lipinski definition) is 2. The molecule has 1 aromatic rings. The van der Waals surface area contributed by atoms with Crippen molar-refractivity contribution in [2.45, 2.75) is 24.9 Å². The lowest BCUT2D eigenvalue weighted by Crippen LogP contribution is -2.43. The van der Waals surface area contributed by atoms with Crippen molar-refractivity contribution in [3.63, 3.8) is 0 Å². The SMILES string of the molecule is OC1=CC2(CCC2)Oc2ccccc21. The maximum atomic E-state index is 9.84. The molecule has 1 aromatic carbocycles. The highest BCUT2D eigenvalue weighted by atomic mass is 16.5. The van der Waals surface area contributed by atoms with E-state index in [1.54, 1.807) is 0 Å². The number of rotatable bonds is 0. The summed E-state index contributed by atoms with van der Waals surface area (Å²) in [6.07, 6.45) is 5.08. The average molecular weight is 188 g/mol. The molecule has 1 spiro atoms. The van der Waals surface area contributed by atoms with Gasteiger partial charge in [-0.05, 0) is 31.4 Å². The number of para-hydroxylation sites is 1. The summed E-state index contributed by atoms with van der Waals surface area (Å²) >= 11 is 0. The number of hydrogen-bond donors (Lipinski definition) is 1. The molecule has 0 bridgehead atoms. The van der Waals surface area contributed by atoms with Gasteiger partial charge in [-0.1, -0.05) is 12.1 Å². The van der Waals surface area contributed by atoms with Gasteiger partial charge in [0.2, 0.25) is 0 Å². The summed E-state index contributed by atoms with van der Waals surface area (Å²) in [4.78, 5) is 0. The van der Waals surface area contributed by atoms with Crippen molar-refractivity contribution in [1.29, 1.82) is 0 Å². The van der Waals surface area contributed by atoms with Gasteiger partial charge >= 0.3 is 0 Å². The van der Waals surface area contributed by atoms with Crippen molar-refractivity contribution in [1.82, 2.24) is 0 Å². The number of fused-ring (bicyclic) bond motifs is 1. The fourth-order valence-electron chi connectivity index (χ4n) is 2.11. The molecule has 0 radical (unpaired) electrons. The van der Waals surface area contributed by atoms with Crippen LogP contribution in [0.1, 0.15) is 24.8 Å². The molecule has 1 fully saturated rings. The van der Waals surface area contributed by atoms with Crippen molar-refractivity contribution in [2.24, 2.45) is 0 Å². The first-order valence-electron chi connectivity index (χ1n) is 4.99. The van der Waals surface area contributed by atoms with Crippen LogP contribution in [0.3, 0.4) is 0 Å². The average Bonchev–Trinajstić information content (AvgIpc) is 2.15. The highest BCUT2D eigenvalue weighted by Gasteiger charge is 2.41. The minimum Gasteiger partial charge on any atom is -0.507 e. The molecular formula is C12H12O2. The van der Waals surface area contributed by atoms with Crippen molar-refractivity contribution >= 4 is 5.76 Å². The second-order valence-corrected chi connectivity index (χ2v) is 4.05. The zero-order valence-electron chi connectivity index (χ0n) is 7.86. The monoisotopic (exact) mass is 188 g/mol. The molecule has 1 aliphatic heterocycles. The summed E-state index contributed by atoms with van der Waals surface area (Å²) in [5.74, 6) is 1.18. The van der Waals surface area contributed by atoms with Crippen molar-refractivity contribution in [3.8, 4) is 5.75 Å². The molecule has 0 atom stereocenters. The Labute approximate surface area is 82.8 Å². The van der Waals surface area contributed by atoms with E-state index >= 15 is 0 Å². The van der Waals surface area contributed by atoms with Crippen LogP contribution in [0, 0.1) is 0 Å². The lowest BCUT2D eigenvalue weighted by molar-refractivity contribution is 0.0352. The van der Waals surface area contributed by atoms with Crippen molar-refractivity contribution in [2.75, 3.05) is 0 Å². The summed E-state index contributed by atoms with van der Waals surface area (Å²) in [5.41, 5.74) is 0.614. The first-order valence-corrected chi connectivity index (χ1v) is 4.99. The van der Waals surface area contributed by atoms with Crippen molar-refractivity contribution in [3.05, 3.63) is 35.9 Å². The molecule has 1 N–H and O–H groups in total. The van der Waals surface area contributed by atoms with Crippen LogP contribution in [0.5, 0.6) is 5.75 Å². The van der Waals surface area contributed by atoms with Crippen LogP contribution in [0.4, 0.5) is 0 Å². The quantitative estimate of drug-likeness (QED) is 0.678. The molecule has 1 heterocycles. The smallest absolute Gasteiger partial charge is 0.131 e. The first-order chi connectivity index (χ1) is 6.79. The minimum atomic E-state index is -0.196. The van der Waals surface area contributed by atoms with Crippen LogP contribution in [0.25, 0.3) is 5.76 Å². The predicted molar refractivity (Wildman–Crippen MR) is 54.3 cm³/mol. The van der Waals surface area contributed by atoms with Gasteiger partial charge in [0.15, 0.2) is 0 Å². The fraction of sp³-hybridized carbons (Fsp3) is 0.333. The van der Waals surface area contributed by atoms with E-state index < -0.39 is 0 Å². The molecule has 0 saturated heterocycles. The van der Waals surface area contributed by atoms with Crippen LogP contribution < -0.4 is 4.74 Å². The normalized spacial score (nSPS) is 21.9. The van der Waals surface area contributed by atoms with E-state index in [4.69, 9.17) is 4.74 Å². The van der Waals surface area contributed by atoms with E-state index in [-0.39, 0.29) is 5.60 Å². The Hall–Kier alpha value is -1.44. The van der Waals surface area contributed by atoms with E-state index in [0.717, 1.165) is 24.2 Å². The van der Waals surface area contributed by atoms with E-state index in [1.165, 1.54) is 6.42 Å². The highest BCUT2D eigenvalue weighted by Crippen LogP contribution is 2.44. The molecular weight excluding hydrogens is 176 g/mol. The molecule has 72 valence electrons. The summed E-state index contributed by atoms with van der Waals surface area (Å²) in [5, 5.41) is 9.84. The van der Waals surface area contributed by atoms with Crippen LogP contribution in [-0.4, -0.2) is 10.7 Å². The van der Waals surface area contributed by atoms with Gasteiger partial charge in [-0.15, -0.1) is 0 Å². The minimum absolute atomic E-state index is 0.196. The third-order valence-corrected chi connectivity index (χ3v) is 3.08. The van der Waals surface area contributed by atoms with Gasteiger partial charge in [0, 0.05) is 6.08 Å². The number of ether oxygens (including phenoxy) is 1. The lowest BCUT2D eigenvalue weighted by atomic mass is 9.78. The van der Waals surface area contributed by atoms with Gasteiger partial charge in [0.25, 0.3) is 0 Å². The van der Waals surface area contributed by atoms with E-state index in [0.29, 0.717) is 5.76 Å². The maximum absolute atomic E-state index is 9.84. The van der Waals surface area contributed by atoms with Crippen LogP contribution in [0.15, 0.2) is 30.3 Å². The van der Waals surface area contributed by atoms with Gasteiger partial charge in [0.05, 0.1) is 5.56 Å². The van der Waals surface area contributed by atoms with E-state index in [2.05, 4.69) is 0 Å². The molecule has 2 aliphatic rings. The Bertz CT molecular complexity index is 403. The molecule has 1 saturated carbocycles. The topological polar surface area (TPSA) is 29.5 Å². The van der Waals surface area contributed by atoms with Gasteiger partial charge in [-0.3, -0.25) is 0 Å². The van der Waals surface area contributed by atoms with E-state index in [9.17, 15) is 5.11 Å². The third kappa shape index (κ3) is 0.969. The van der Waals surface area contributed by atoms with Gasteiger partial charge < -0.3 is 9.84 Å². The van der Waals surface area contributed by atoms with Gasteiger partial charge in [-0.2, -0.15) is 0 Å². The Balaban J connectivity index is 2.09. The van der Waals surface area contributed by atoms with Crippen molar-refractivity contribution < 1.29 is 9.84 Å². The largest absolute Gasteiger partial charge is 0.507 e. The summed E-state index contributed by atoms with van der Waals surface area (Å²) < 4.78 is 5.89. The van der Waals surface area contributed by atoms with E-state index in [1.807, 2.05) is 30.3 Å². The number of aliphatic hydroxyl groups excluding tert-OH is 1. The predicted octanol–water partition coefficient (Wildman–Crippen LogP) is 2.90. The van der Waals surface area contributed by atoms with Gasteiger partial charge in [-0.25, -0.2) is 0 Å². The molecule has 0 amide bonds. The molecule has 3 rings (SSSR count). The van der Waals surface area contributed by atoms with Crippen LogP contribution in [0.2, 0.25) is 0 Å². The molecule has 14 heavy (non-hydrogen) atoms. The van der Waals surface area contributed by atoms with Gasteiger partial charge in [0.1, 0.15) is 17.1 Å². The zero-order chi connectivity index (χ0) is 9.60. The molecule has 2 heteroatoms. The summed E-state index contributed by atoms with van der Waals surface area (Å²) in [7, 11) is 0. The fourth-order valence-corrected chi connectivity index (χ4v) is 2.11. The lowest BCUT2D eigenvalue weighted by Gasteiger charge is -2.42. The summed E-state index contributed by atoms with van der Waals surface area (Å²) in [6.45, 7) is 0. The van der Waals surface area contributed by atoms with Crippen LogP contribution in [-0.2, 0) is 0 Å². The molecule has 0 unspecified atom stereocenters. The standard InChI is InChI=1S/C12H12O2/c13-10-8-12(6-3-7-12)14-11-5-2-1-4-9(10)11/h1-2,4-5,8,13H,3,6-7H2. The Morgan fingerprint density at radius 3 is 2.71 bits per heavy atom. The third-order valence-electron chi connectivity index (χ3n) is 3.08. The Morgan fingerprint density at radius 1 is 1.21 bits per heavy atom. The zero-order valence-corrected chi connectivity index (χ0v) is 7.86. The first kappa shape index (κ1) is 7.92. The number of aliphatic hydroxyl groups is 1. The second-order valence-electron chi connectivity index (χ2n) is 4.05. The highest BCUT2D eigenvalue weighted by molar-refractivity contribution is 5.68. The molecule has 1 aliphatic carbocycles. The number of benzene rings is 1. The van der Waals surface area contributed by atoms with Crippen LogP contribution >= 0.6 is 0 Å². The Morgan fingerprint density at radius 2 is 2.00 bits per heavy atom. The second kappa shape index (κ2) is 2.53. The molecule has 2 nitrogen and oxygen atoms in total. The summed E-state index contributed by atoms with van der Waals surface area (Å²) in [6, 6.07) is 7.64.